The topological polar surface area (TPSA) is 107 Å². The highest BCUT2D eigenvalue weighted by Gasteiger charge is 2.21. The molecule has 6 nitrogen and oxygen atoms in total. The SMILES string of the molecule is CCOC(=O)/C=C/[C@H](O)[C@H](O)[C@H](O)CO. The van der Waals surface area contributed by atoms with Gasteiger partial charge in [0, 0.05) is 6.08 Å². The van der Waals surface area contributed by atoms with E-state index in [1.54, 1.807) is 6.92 Å². The van der Waals surface area contributed by atoms with Crippen LogP contribution in [0.4, 0.5) is 0 Å². The van der Waals surface area contributed by atoms with Gasteiger partial charge in [0.05, 0.1) is 13.2 Å². The summed E-state index contributed by atoms with van der Waals surface area (Å²) in [5.74, 6) is -0.651. The van der Waals surface area contributed by atoms with Gasteiger partial charge in [-0.05, 0) is 13.0 Å². The van der Waals surface area contributed by atoms with E-state index < -0.39 is 30.9 Å². The summed E-state index contributed by atoms with van der Waals surface area (Å²) in [6, 6.07) is 0. The number of hydrogen-bond donors (Lipinski definition) is 4. The van der Waals surface area contributed by atoms with Gasteiger partial charge in [-0.2, -0.15) is 0 Å². The van der Waals surface area contributed by atoms with Crippen LogP contribution in [-0.2, 0) is 9.53 Å². The van der Waals surface area contributed by atoms with Gasteiger partial charge in [0.15, 0.2) is 0 Å². The van der Waals surface area contributed by atoms with E-state index in [2.05, 4.69) is 4.74 Å². The van der Waals surface area contributed by atoms with E-state index in [9.17, 15) is 9.90 Å². The fourth-order valence-electron chi connectivity index (χ4n) is 0.817. The monoisotopic (exact) mass is 220 g/mol. The molecule has 0 radical (unpaired) electrons. The standard InChI is InChI=1S/C9H16O6/c1-2-15-8(13)4-3-6(11)9(14)7(12)5-10/h3-4,6-7,9-12,14H,2,5H2,1H3/b4-3+/t6-,7+,9-/m0/s1. The highest BCUT2D eigenvalue weighted by Crippen LogP contribution is 2.01. The first-order chi connectivity index (χ1) is 7.02. The molecule has 0 aliphatic heterocycles. The molecule has 0 heterocycles. The molecule has 0 aromatic carbocycles. The lowest BCUT2D eigenvalue weighted by atomic mass is 10.1. The van der Waals surface area contributed by atoms with Crippen LogP contribution in [0.1, 0.15) is 6.92 Å². The van der Waals surface area contributed by atoms with Crippen LogP contribution in [0, 0.1) is 0 Å². The lowest BCUT2D eigenvalue weighted by molar-refractivity contribution is -0.137. The molecule has 4 N–H and O–H groups in total. The highest BCUT2D eigenvalue weighted by atomic mass is 16.5. The third-order valence-corrected chi connectivity index (χ3v) is 1.65. The number of esters is 1. The van der Waals surface area contributed by atoms with E-state index in [0.717, 1.165) is 12.2 Å². The lowest BCUT2D eigenvalue weighted by Crippen LogP contribution is -2.38. The van der Waals surface area contributed by atoms with Gasteiger partial charge in [0.1, 0.15) is 18.3 Å². The first-order valence-electron chi connectivity index (χ1n) is 4.53. The summed E-state index contributed by atoms with van der Waals surface area (Å²) in [6.45, 7) is 1.17. The van der Waals surface area contributed by atoms with Gasteiger partial charge in [-0.15, -0.1) is 0 Å². The molecular formula is C9H16O6. The predicted octanol–water partition coefficient (Wildman–Crippen LogP) is -1.82. The molecule has 0 amide bonds. The zero-order valence-corrected chi connectivity index (χ0v) is 8.41. The van der Waals surface area contributed by atoms with Gasteiger partial charge in [0.2, 0.25) is 0 Å². The Morgan fingerprint density at radius 2 is 2.00 bits per heavy atom. The smallest absolute Gasteiger partial charge is 0.330 e. The summed E-state index contributed by atoms with van der Waals surface area (Å²) < 4.78 is 4.53. The molecule has 88 valence electrons. The van der Waals surface area contributed by atoms with Crippen molar-refractivity contribution in [2.45, 2.75) is 25.2 Å². The summed E-state index contributed by atoms with van der Waals surface area (Å²) in [5, 5.41) is 35.8. The molecule has 0 aromatic heterocycles. The fraction of sp³-hybridized carbons (Fsp3) is 0.667. The Kier molecular flexibility index (Phi) is 6.89. The second-order valence-corrected chi connectivity index (χ2v) is 2.84. The van der Waals surface area contributed by atoms with Crippen LogP contribution in [0.25, 0.3) is 0 Å². The number of carbonyl (C=O) groups is 1. The predicted molar refractivity (Wildman–Crippen MR) is 50.9 cm³/mol. The zero-order chi connectivity index (χ0) is 11.8. The Balaban J connectivity index is 4.11. The van der Waals surface area contributed by atoms with Crippen molar-refractivity contribution in [2.75, 3.05) is 13.2 Å². The Labute approximate surface area is 87.4 Å². The van der Waals surface area contributed by atoms with E-state index in [1.165, 1.54) is 0 Å². The van der Waals surface area contributed by atoms with Crippen molar-refractivity contribution in [3.8, 4) is 0 Å². The van der Waals surface area contributed by atoms with Crippen molar-refractivity contribution in [2.24, 2.45) is 0 Å². The van der Waals surface area contributed by atoms with E-state index >= 15 is 0 Å². The van der Waals surface area contributed by atoms with Crippen molar-refractivity contribution in [3.05, 3.63) is 12.2 Å². The molecule has 15 heavy (non-hydrogen) atoms. The molecule has 0 aliphatic rings. The van der Waals surface area contributed by atoms with E-state index in [4.69, 9.17) is 15.3 Å². The van der Waals surface area contributed by atoms with Gasteiger partial charge in [0.25, 0.3) is 0 Å². The molecule has 0 fully saturated rings. The number of aliphatic hydroxyl groups excluding tert-OH is 4. The molecule has 3 atom stereocenters. The van der Waals surface area contributed by atoms with E-state index in [-0.39, 0.29) is 6.61 Å². The first kappa shape index (κ1) is 14.1. The molecule has 0 bridgehead atoms. The van der Waals surface area contributed by atoms with Crippen molar-refractivity contribution < 1.29 is 30.0 Å². The van der Waals surface area contributed by atoms with Crippen LogP contribution in [0.2, 0.25) is 0 Å². The Hall–Kier alpha value is -0.950. The minimum Gasteiger partial charge on any atom is -0.463 e. The molecule has 0 unspecified atom stereocenters. The van der Waals surface area contributed by atoms with Gasteiger partial charge >= 0.3 is 5.97 Å². The summed E-state index contributed by atoms with van der Waals surface area (Å²) in [5.41, 5.74) is 0. The summed E-state index contributed by atoms with van der Waals surface area (Å²) in [4.78, 5) is 10.8. The molecule has 6 heteroatoms. The number of aliphatic hydroxyl groups is 4. The number of ether oxygens (including phenoxy) is 1. The van der Waals surface area contributed by atoms with E-state index in [1.807, 2.05) is 0 Å². The van der Waals surface area contributed by atoms with Crippen molar-refractivity contribution in [1.29, 1.82) is 0 Å². The number of carbonyl (C=O) groups excluding carboxylic acids is 1. The second kappa shape index (κ2) is 7.36. The Morgan fingerprint density at radius 1 is 1.40 bits per heavy atom. The van der Waals surface area contributed by atoms with Crippen LogP contribution in [0.5, 0.6) is 0 Å². The number of rotatable bonds is 6. The molecule has 0 saturated carbocycles. The average molecular weight is 220 g/mol. The van der Waals surface area contributed by atoms with Gasteiger partial charge in [-0.3, -0.25) is 0 Å². The maximum Gasteiger partial charge on any atom is 0.330 e. The van der Waals surface area contributed by atoms with Crippen LogP contribution in [0.3, 0.4) is 0 Å². The largest absolute Gasteiger partial charge is 0.463 e. The third-order valence-electron chi connectivity index (χ3n) is 1.65. The van der Waals surface area contributed by atoms with Gasteiger partial charge in [-0.1, -0.05) is 0 Å². The average Bonchev–Trinajstić information content (AvgIpc) is 2.24. The summed E-state index contributed by atoms with van der Waals surface area (Å²) >= 11 is 0. The second-order valence-electron chi connectivity index (χ2n) is 2.84. The molecule has 0 spiro atoms. The van der Waals surface area contributed by atoms with Crippen molar-refractivity contribution in [1.82, 2.24) is 0 Å². The maximum atomic E-state index is 10.8. The van der Waals surface area contributed by atoms with E-state index in [0.29, 0.717) is 0 Å². The molecule has 0 rings (SSSR count). The Morgan fingerprint density at radius 3 is 2.47 bits per heavy atom. The maximum absolute atomic E-state index is 10.8. The lowest BCUT2D eigenvalue weighted by Gasteiger charge is -2.18. The van der Waals surface area contributed by atoms with Gasteiger partial charge < -0.3 is 25.2 Å². The van der Waals surface area contributed by atoms with Crippen molar-refractivity contribution in [3.63, 3.8) is 0 Å². The zero-order valence-electron chi connectivity index (χ0n) is 8.41. The minimum absolute atomic E-state index is 0.209. The third kappa shape index (κ3) is 5.48. The fourth-order valence-corrected chi connectivity index (χ4v) is 0.817. The van der Waals surface area contributed by atoms with Crippen LogP contribution >= 0.6 is 0 Å². The highest BCUT2D eigenvalue weighted by molar-refractivity contribution is 5.81. The van der Waals surface area contributed by atoms with Crippen molar-refractivity contribution >= 4 is 5.97 Å². The first-order valence-corrected chi connectivity index (χ1v) is 4.53. The van der Waals surface area contributed by atoms with Crippen LogP contribution in [-0.4, -0.2) is 57.9 Å². The molecule has 0 aromatic rings. The van der Waals surface area contributed by atoms with Crippen LogP contribution in [0.15, 0.2) is 12.2 Å². The van der Waals surface area contributed by atoms with Gasteiger partial charge in [-0.25, -0.2) is 4.79 Å². The number of hydrogen-bond acceptors (Lipinski definition) is 6. The Bertz CT molecular complexity index is 215. The molecule has 0 aliphatic carbocycles. The normalized spacial score (nSPS) is 17.4. The molecule has 0 saturated heterocycles. The summed E-state index contributed by atoms with van der Waals surface area (Å²) in [6.07, 6.45) is -2.49. The minimum atomic E-state index is -1.54. The van der Waals surface area contributed by atoms with Crippen LogP contribution < -0.4 is 0 Å². The summed E-state index contributed by atoms with van der Waals surface area (Å²) in [7, 11) is 0. The molecular weight excluding hydrogens is 204 g/mol. The quantitative estimate of drug-likeness (QED) is 0.310.